The monoisotopic (exact) mass is 371 g/mol. The fourth-order valence-corrected chi connectivity index (χ4v) is 3.61. The molecule has 1 fully saturated rings. The zero-order chi connectivity index (χ0) is 19.3. The van der Waals surface area contributed by atoms with E-state index < -0.39 is 0 Å². The lowest BCUT2D eigenvalue weighted by atomic mass is 9.87. The second-order valence-electron chi connectivity index (χ2n) is 8.01. The maximum absolute atomic E-state index is 12.5. The van der Waals surface area contributed by atoms with Crippen LogP contribution in [-0.2, 0) is 4.79 Å². The number of methoxy groups -OCH3 is 1. The minimum atomic E-state index is -0.0721. The Morgan fingerprint density at radius 1 is 1.26 bits per heavy atom. The molecule has 1 amide bonds. The van der Waals surface area contributed by atoms with E-state index in [1.54, 1.807) is 19.5 Å². The molecule has 0 saturated carbocycles. The third-order valence-electron chi connectivity index (χ3n) is 4.84. The fraction of sp³-hybridized carbons (Fsp3) is 0.550. The number of piperidine rings is 1. The average Bonchev–Trinajstić information content (AvgIpc) is 3.10. The number of anilines is 1. The van der Waals surface area contributed by atoms with Gasteiger partial charge in [-0.25, -0.2) is 0 Å². The molecule has 1 saturated heterocycles. The normalized spacial score (nSPS) is 15.5. The van der Waals surface area contributed by atoms with E-state index in [9.17, 15) is 4.79 Å². The molecule has 0 aromatic carbocycles. The number of rotatable bonds is 7. The van der Waals surface area contributed by atoms with Gasteiger partial charge in [0, 0.05) is 30.8 Å². The first-order valence-electron chi connectivity index (χ1n) is 9.52. The van der Waals surface area contributed by atoms with Gasteiger partial charge in [-0.15, -0.1) is 0 Å². The number of ether oxygens (including phenoxy) is 1. The van der Waals surface area contributed by atoms with Gasteiger partial charge in [0.15, 0.2) is 5.82 Å². The molecule has 2 aromatic rings. The summed E-state index contributed by atoms with van der Waals surface area (Å²) in [7, 11) is 1.60. The van der Waals surface area contributed by atoms with Crippen molar-refractivity contribution in [3.8, 4) is 17.0 Å². The van der Waals surface area contributed by atoms with Crippen LogP contribution in [-0.4, -0.2) is 52.7 Å². The summed E-state index contributed by atoms with van der Waals surface area (Å²) in [6.45, 7) is 7.53. The highest BCUT2D eigenvalue weighted by atomic mass is 16.5. The first-order valence-corrected chi connectivity index (χ1v) is 9.52. The van der Waals surface area contributed by atoms with Crippen molar-refractivity contribution in [3.63, 3.8) is 0 Å². The topological polar surface area (TPSA) is 83.1 Å². The Morgan fingerprint density at radius 2 is 2.04 bits per heavy atom. The third-order valence-corrected chi connectivity index (χ3v) is 4.84. The van der Waals surface area contributed by atoms with Crippen LogP contribution >= 0.6 is 0 Å². The predicted octanol–water partition coefficient (Wildman–Crippen LogP) is 3.32. The molecule has 1 aliphatic rings. The summed E-state index contributed by atoms with van der Waals surface area (Å²) in [5, 5.41) is 10.0. The second-order valence-corrected chi connectivity index (χ2v) is 8.01. The number of nitrogens with zero attached hydrogens (tertiary/aromatic N) is 3. The standard InChI is InChI=1S/C20H29N5O2/c1-20(2,14-25-7-5-4-6-8-25)11-19(26)22-18-10-17(23-24-18)15-9-16(27-3)13-21-12-15/h9-10,12-13H,4-8,11,14H2,1-3H3,(H2,22,23,24,26). The van der Waals surface area contributed by atoms with Crippen LogP contribution in [0.2, 0.25) is 0 Å². The summed E-state index contributed by atoms with van der Waals surface area (Å²) in [5.74, 6) is 1.18. The number of aromatic amines is 1. The van der Waals surface area contributed by atoms with E-state index in [4.69, 9.17) is 4.74 Å². The fourth-order valence-electron chi connectivity index (χ4n) is 3.61. The predicted molar refractivity (Wildman–Crippen MR) is 106 cm³/mol. The Kier molecular flexibility index (Phi) is 6.11. The van der Waals surface area contributed by atoms with Gasteiger partial charge in [0.2, 0.25) is 5.91 Å². The van der Waals surface area contributed by atoms with Crippen LogP contribution in [0.4, 0.5) is 5.82 Å². The van der Waals surface area contributed by atoms with Gasteiger partial charge in [-0.05, 0) is 37.4 Å². The van der Waals surface area contributed by atoms with Crippen molar-refractivity contribution < 1.29 is 9.53 Å². The van der Waals surface area contributed by atoms with Crippen molar-refractivity contribution >= 4 is 11.7 Å². The molecular formula is C20H29N5O2. The van der Waals surface area contributed by atoms with Gasteiger partial charge in [0.25, 0.3) is 0 Å². The van der Waals surface area contributed by atoms with Crippen molar-refractivity contribution in [2.75, 3.05) is 32.1 Å². The molecule has 3 rings (SSSR count). The molecule has 0 spiro atoms. The van der Waals surface area contributed by atoms with Crippen molar-refractivity contribution in [1.82, 2.24) is 20.1 Å². The lowest BCUT2D eigenvalue weighted by Gasteiger charge is -2.34. The number of carbonyl (C=O) groups excluding carboxylic acids is 1. The Labute approximate surface area is 160 Å². The summed E-state index contributed by atoms with van der Waals surface area (Å²) in [4.78, 5) is 19.1. The smallest absolute Gasteiger partial charge is 0.226 e. The Hall–Kier alpha value is -2.41. The molecule has 1 aliphatic heterocycles. The highest BCUT2D eigenvalue weighted by Gasteiger charge is 2.26. The first-order chi connectivity index (χ1) is 12.9. The molecule has 146 valence electrons. The molecular weight excluding hydrogens is 342 g/mol. The lowest BCUT2D eigenvalue weighted by molar-refractivity contribution is -0.118. The van der Waals surface area contributed by atoms with Gasteiger partial charge < -0.3 is 15.0 Å². The molecule has 27 heavy (non-hydrogen) atoms. The van der Waals surface area contributed by atoms with Crippen LogP contribution in [0.1, 0.15) is 39.5 Å². The van der Waals surface area contributed by atoms with E-state index in [1.807, 2.05) is 12.1 Å². The summed E-state index contributed by atoms with van der Waals surface area (Å²) in [5.41, 5.74) is 1.56. The van der Waals surface area contributed by atoms with E-state index >= 15 is 0 Å². The SMILES string of the molecule is COc1cncc(-c2cc(NC(=O)CC(C)(C)CN3CCCCC3)n[nH]2)c1. The van der Waals surface area contributed by atoms with E-state index in [1.165, 1.54) is 19.3 Å². The zero-order valence-corrected chi connectivity index (χ0v) is 16.4. The summed E-state index contributed by atoms with van der Waals surface area (Å²) < 4.78 is 5.19. The van der Waals surface area contributed by atoms with Crippen molar-refractivity contribution in [3.05, 3.63) is 24.5 Å². The molecule has 0 bridgehead atoms. The van der Waals surface area contributed by atoms with Gasteiger partial charge in [-0.2, -0.15) is 5.10 Å². The van der Waals surface area contributed by atoms with Gasteiger partial charge in [-0.1, -0.05) is 20.3 Å². The van der Waals surface area contributed by atoms with Gasteiger partial charge in [-0.3, -0.25) is 14.9 Å². The van der Waals surface area contributed by atoms with E-state index in [-0.39, 0.29) is 11.3 Å². The number of aromatic nitrogens is 3. The van der Waals surface area contributed by atoms with Crippen molar-refractivity contribution in [2.45, 2.75) is 39.5 Å². The number of hydrogen-bond donors (Lipinski definition) is 2. The number of amides is 1. The van der Waals surface area contributed by atoms with Gasteiger partial charge in [0.05, 0.1) is 19.0 Å². The molecule has 0 aliphatic carbocycles. The van der Waals surface area contributed by atoms with Crippen LogP contribution in [0.25, 0.3) is 11.3 Å². The number of likely N-dealkylation sites (tertiary alicyclic amines) is 1. The van der Waals surface area contributed by atoms with E-state index in [0.717, 1.165) is 30.9 Å². The summed E-state index contributed by atoms with van der Waals surface area (Å²) in [6, 6.07) is 3.68. The van der Waals surface area contributed by atoms with Crippen LogP contribution in [0.3, 0.4) is 0 Å². The molecule has 0 unspecified atom stereocenters. The highest BCUT2D eigenvalue weighted by molar-refractivity contribution is 5.90. The number of H-pyrrole nitrogens is 1. The maximum Gasteiger partial charge on any atom is 0.226 e. The van der Waals surface area contributed by atoms with Gasteiger partial charge in [0.1, 0.15) is 5.75 Å². The van der Waals surface area contributed by atoms with Gasteiger partial charge >= 0.3 is 0 Å². The molecule has 0 atom stereocenters. The molecule has 3 heterocycles. The molecule has 7 heteroatoms. The average molecular weight is 371 g/mol. The number of nitrogens with one attached hydrogen (secondary N) is 2. The van der Waals surface area contributed by atoms with E-state index in [2.05, 4.69) is 39.2 Å². The zero-order valence-electron chi connectivity index (χ0n) is 16.4. The molecule has 2 N–H and O–H groups in total. The van der Waals surface area contributed by atoms with Crippen LogP contribution in [0.5, 0.6) is 5.75 Å². The van der Waals surface area contributed by atoms with E-state index in [0.29, 0.717) is 18.0 Å². The molecule has 2 aromatic heterocycles. The maximum atomic E-state index is 12.5. The Bertz CT molecular complexity index is 765. The molecule has 0 radical (unpaired) electrons. The lowest BCUT2D eigenvalue weighted by Crippen LogP contribution is -2.39. The third kappa shape index (κ3) is 5.53. The number of pyridine rings is 1. The highest BCUT2D eigenvalue weighted by Crippen LogP contribution is 2.26. The summed E-state index contributed by atoms with van der Waals surface area (Å²) in [6.07, 6.45) is 7.68. The minimum Gasteiger partial charge on any atom is -0.495 e. The number of carbonyl (C=O) groups is 1. The first kappa shape index (κ1) is 19.4. The van der Waals surface area contributed by atoms with Crippen molar-refractivity contribution in [1.29, 1.82) is 0 Å². The van der Waals surface area contributed by atoms with Crippen LogP contribution in [0.15, 0.2) is 24.5 Å². The number of hydrogen-bond acceptors (Lipinski definition) is 5. The summed E-state index contributed by atoms with van der Waals surface area (Å²) >= 11 is 0. The quantitative estimate of drug-likeness (QED) is 0.780. The van der Waals surface area contributed by atoms with Crippen molar-refractivity contribution in [2.24, 2.45) is 5.41 Å². The van der Waals surface area contributed by atoms with Crippen LogP contribution in [0, 0.1) is 5.41 Å². The minimum absolute atomic E-state index is 0.0150. The molecule has 7 nitrogen and oxygen atoms in total. The largest absolute Gasteiger partial charge is 0.495 e. The Balaban J connectivity index is 1.57. The Morgan fingerprint density at radius 3 is 2.78 bits per heavy atom. The second kappa shape index (κ2) is 8.52. The van der Waals surface area contributed by atoms with Crippen LogP contribution < -0.4 is 10.1 Å².